The van der Waals surface area contributed by atoms with Crippen LogP contribution < -0.4 is 9.46 Å². The molecule has 1 aliphatic rings. The van der Waals surface area contributed by atoms with E-state index in [1.807, 2.05) is 69.5 Å². The Labute approximate surface area is 303 Å². The first kappa shape index (κ1) is 52.5. The number of aryl methyl sites for hydroxylation is 1. The van der Waals surface area contributed by atoms with Crippen LogP contribution in [0, 0.1) is 5.92 Å². The predicted molar refractivity (Wildman–Crippen MR) is 211 cm³/mol. The van der Waals surface area contributed by atoms with E-state index < -0.39 is 10.0 Å². The van der Waals surface area contributed by atoms with Gasteiger partial charge in [-0.1, -0.05) is 76.6 Å². The molecule has 1 N–H and O–H groups in total. The Hall–Kier alpha value is -3.35. The minimum Gasteiger partial charge on any atom is -0.473 e. The Kier molecular flexibility index (Phi) is 26.5. The van der Waals surface area contributed by atoms with Gasteiger partial charge in [0.2, 0.25) is 5.88 Å². The van der Waals surface area contributed by atoms with Crippen LogP contribution >= 0.6 is 11.3 Å². The number of fused-ring (bicyclic) bond motifs is 1. The van der Waals surface area contributed by atoms with Gasteiger partial charge in [0, 0.05) is 19.3 Å². The van der Waals surface area contributed by atoms with E-state index in [4.69, 9.17) is 14.5 Å². The number of hydrogen-bond donors (Lipinski definition) is 1. The average molecular weight is 726 g/mol. The normalized spacial score (nSPS) is 11.9. The molecule has 0 atom stereocenters. The lowest BCUT2D eigenvalue weighted by Crippen LogP contribution is -2.30. The standard InChI is InChI=1S/C15H14N2OS.C9H16O2.C7H13N3O2S.6CH4/c1-10(2)18-15-14(13-8-5-9-19-13)16-11-6-3-4-7-12(11)17-15;1-7(2)9(10)11-8-5-3-4-6-8;1-6(2)9-13(11,12)7-4-10(3)5-8-7;;;;;;/h3-10H,1-2H3;7-8H,3-6H2,1-2H3;4-6,9H,1-3H3;6*1H4. The van der Waals surface area contributed by atoms with Gasteiger partial charge < -0.3 is 14.0 Å². The molecule has 49 heavy (non-hydrogen) atoms. The van der Waals surface area contributed by atoms with Gasteiger partial charge in [0.15, 0.2) is 5.03 Å². The summed E-state index contributed by atoms with van der Waals surface area (Å²) in [5.74, 6) is 0.587. The van der Waals surface area contributed by atoms with Crippen molar-refractivity contribution in [2.45, 2.75) is 135 Å². The molecule has 12 heteroatoms. The van der Waals surface area contributed by atoms with Gasteiger partial charge >= 0.3 is 5.97 Å². The Morgan fingerprint density at radius 3 is 1.92 bits per heavy atom. The van der Waals surface area contributed by atoms with Crippen molar-refractivity contribution in [3.63, 3.8) is 0 Å². The number of carbonyl (C=O) groups excluding carboxylic acids is 1. The number of carbonyl (C=O) groups is 1. The number of ether oxygens (including phenoxy) is 2. The summed E-state index contributed by atoms with van der Waals surface area (Å²) in [5, 5.41) is 2.09. The van der Waals surface area contributed by atoms with Crippen LogP contribution in [0.15, 0.2) is 59.3 Å². The lowest BCUT2D eigenvalue weighted by atomic mass is 10.2. The van der Waals surface area contributed by atoms with Gasteiger partial charge in [0.05, 0.1) is 34.3 Å². The number of nitrogens with one attached hydrogen (secondary N) is 1. The van der Waals surface area contributed by atoms with Crippen molar-refractivity contribution in [3.8, 4) is 16.5 Å². The topological polar surface area (TPSA) is 125 Å². The molecule has 1 aromatic carbocycles. The summed E-state index contributed by atoms with van der Waals surface area (Å²) in [6.45, 7) is 11.3. The van der Waals surface area contributed by atoms with E-state index in [0.29, 0.717) is 5.88 Å². The minimum absolute atomic E-state index is 0. The third kappa shape index (κ3) is 16.7. The zero-order valence-corrected chi connectivity index (χ0v) is 27.6. The molecule has 0 amide bonds. The molecule has 0 bridgehead atoms. The minimum atomic E-state index is -3.42. The molecule has 3 heterocycles. The number of rotatable bonds is 8. The first-order chi connectivity index (χ1) is 20.4. The largest absolute Gasteiger partial charge is 0.473 e. The molecule has 1 saturated carbocycles. The highest BCUT2D eigenvalue weighted by Crippen LogP contribution is 2.32. The second kappa shape index (κ2) is 24.7. The van der Waals surface area contributed by atoms with Crippen LogP contribution in [0.3, 0.4) is 0 Å². The van der Waals surface area contributed by atoms with Gasteiger partial charge in [-0.05, 0) is 77.0 Å². The smallest absolute Gasteiger partial charge is 0.308 e. The van der Waals surface area contributed by atoms with E-state index in [-0.39, 0.29) is 79.7 Å². The third-order valence-corrected chi connectivity index (χ3v) is 8.46. The summed E-state index contributed by atoms with van der Waals surface area (Å²) in [6, 6.07) is 11.8. The van der Waals surface area contributed by atoms with Crippen LogP contribution in [0.1, 0.15) is 112 Å². The molecular weight excluding hydrogens is 659 g/mol. The van der Waals surface area contributed by atoms with Crippen molar-refractivity contribution in [2.75, 3.05) is 0 Å². The molecule has 5 rings (SSSR count). The third-order valence-electron chi connectivity index (χ3n) is 6.04. The fourth-order valence-electron chi connectivity index (χ4n) is 4.07. The van der Waals surface area contributed by atoms with Crippen LogP contribution in [0.5, 0.6) is 5.88 Å². The zero-order valence-electron chi connectivity index (χ0n) is 26.0. The van der Waals surface area contributed by atoms with Gasteiger partial charge in [-0.2, -0.15) is 0 Å². The number of aromatic nitrogens is 4. The van der Waals surface area contributed by atoms with Crippen molar-refractivity contribution in [2.24, 2.45) is 13.0 Å². The number of imidazole rings is 1. The molecule has 282 valence electrons. The number of nitrogens with zero attached hydrogens (tertiary/aromatic N) is 4. The number of thiophene rings is 1. The number of benzene rings is 1. The lowest BCUT2D eigenvalue weighted by Gasteiger charge is -2.12. The first-order valence-corrected chi connectivity index (χ1v) is 16.9. The maximum Gasteiger partial charge on any atom is 0.308 e. The maximum absolute atomic E-state index is 11.5. The summed E-state index contributed by atoms with van der Waals surface area (Å²) in [6.07, 6.45) is 7.79. The Bertz CT molecular complexity index is 1550. The van der Waals surface area contributed by atoms with Crippen molar-refractivity contribution in [3.05, 3.63) is 54.3 Å². The van der Waals surface area contributed by atoms with Crippen molar-refractivity contribution < 1.29 is 22.7 Å². The van der Waals surface area contributed by atoms with E-state index in [1.54, 1.807) is 36.8 Å². The second-order valence-electron chi connectivity index (χ2n) is 11.2. The Morgan fingerprint density at radius 2 is 1.47 bits per heavy atom. The summed E-state index contributed by atoms with van der Waals surface area (Å²) >= 11 is 1.64. The molecule has 0 radical (unpaired) electrons. The molecule has 0 unspecified atom stereocenters. The molecule has 1 aliphatic carbocycles. The maximum atomic E-state index is 11.5. The van der Waals surface area contributed by atoms with E-state index in [2.05, 4.69) is 14.7 Å². The first-order valence-electron chi connectivity index (χ1n) is 14.5. The van der Waals surface area contributed by atoms with Gasteiger partial charge in [-0.3, -0.25) is 4.79 Å². The quantitative estimate of drug-likeness (QED) is 0.178. The van der Waals surface area contributed by atoms with Gasteiger partial charge in [-0.15, -0.1) is 11.3 Å². The summed E-state index contributed by atoms with van der Waals surface area (Å²) < 4.78 is 38.0. The lowest BCUT2D eigenvalue weighted by molar-refractivity contribution is -0.152. The second-order valence-corrected chi connectivity index (χ2v) is 13.8. The van der Waals surface area contributed by atoms with Crippen molar-refractivity contribution in [1.29, 1.82) is 0 Å². The summed E-state index contributed by atoms with van der Waals surface area (Å²) in [5.41, 5.74) is 2.57. The van der Waals surface area contributed by atoms with Gasteiger partial charge in [0.25, 0.3) is 10.0 Å². The zero-order chi connectivity index (χ0) is 31.6. The molecular formula is C37H67N5O5S2. The monoisotopic (exact) mass is 725 g/mol. The van der Waals surface area contributed by atoms with E-state index in [1.165, 1.54) is 25.4 Å². The van der Waals surface area contributed by atoms with Crippen LogP contribution in [0.2, 0.25) is 0 Å². The average Bonchev–Trinajstić information content (AvgIpc) is 3.72. The number of esters is 1. The molecule has 3 aromatic heterocycles. The van der Waals surface area contributed by atoms with Crippen molar-refractivity contribution in [1.82, 2.24) is 24.2 Å². The Morgan fingerprint density at radius 1 is 0.898 bits per heavy atom. The summed E-state index contributed by atoms with van der Waals surface area (Å²) in [7, 11) is -1.70. The fourth-order valence-corrected chi connectivity index (χ4v) is 6.01. The fraction of sp³-hybridized carbons (Fsp3) is 0.568. The molecule has 0 spiro atoms. The van der Waals surface area contributed by atoms with E-state index in [0.717, 1.165) is 34.4 Å². The highest BCUT2D eigenvalue weighted by atomic mass is 32.2. The van der Waals surface area contributed by atoms with Crippen LogP contribution in [-0.2, 0) is 26.6 Å². The molecule has 4 aromatic rings. The molecule has 1 fully saturated rings. The highest BCUT2D eigenvalue weighted by molar-refractivity contribution is 7.89. The van der Waals surface area contributed by atoms with Gasteiger partial charge in [-0.25, -0.2) is 28.1 Å². The van der Waals surface area contributed by atoms with Crippen LogP contribution in [0.25, 0.3) is 21.6 Å². The molecule has 10 nitrogen and oxygen atoms in total. The summed E-state index contributed by atoms with van der Waals surface area (Å²) in [4.78, 5) is 25.2. The molecule has 0 saturated heterocycles. The predicted octanol–water partition coefficient (Wildman–Crippen LogP) is 10.2. The van der Waals surface area contributed by atoms with Crippen LogP contribution in [0.4, 0.5) is 0 Å². The van der Waals surface area contributed by atoms with Crippen molar-refractivity contribution >= 4 is 38.4 Å². The van der Waals surface area contributed by atoms with Gasteiger partial charge in [0.1, 0.15) is 11.8 Å². The molecule has 0 aliphatic heterocycles. The number of para-hydroxylation sites is 2. The SMILES string of the molecule is C.C.C.C.C.C.CC(C)C(=O)OC1CCCC1.CC(C)NS(=O)(=O)c1cn(C)cn1.CC(C)Oc1nc2ccccc2nc1-c1cccs1. The Balaban J connectivity index is -0.000000304. The number of hydrogen-bond acceptors (Lipinski definition) is 9. The van der Waals surface area contributed by atoms with E-state index >= 15 is 0 Å². The van der Waals surface area contributed by atoms with Crippen LogP contribution in [-0.4, -0.2) is 52.2 Å². The number of sulfonamides is 1. The highest BCUT2D eigenvalue weighted by Gasteiger charge is 2.20. The van der Waals surface area contributed by atoms with E-state index in [9.17, 15) is 13.2 Å².